The number of nitrogens with one attached hydrogen (secondary N) is 2. The van der Waals surface area contributed by atoms with E-state index in [4.69, 9.17) is 0 Å². The van der Waals surface area contributed by atoms with Gasteiger partial charge in [-0.1, -0.05) is 27.2 Å². The van der Waals surface area contributed by atoms with E-state index in [9.17, 15) is 14.4 Å². The topological polar surface area (TPSA) is 82.3 Å². The van der Waals surface area contributed by atoms with Crippen LogP contribution in [0.4, 0.5) is 0 Å². The van der Waals surface area contributed by atoms with Gasteiger partial charge in [-0.2, -0.15) is 0 Å². The Morgan fingerprint density at radius 3 is 2.29 bits per heavy atom. The van der Waals surface area contributed by atoms with E-state index in [2.05, 4.69) is 24.1 Å². The van der Waals surface area contributed by atoms with Gasteiger partial charge < -0.3 is 15.2 Å². The fourth-order valence-electron chi connectivity index (χ4n) is 3.85. The lowest BCUT2D eigenvalue weighted by atomic mass is 9.94. The molecule has 1 aromatic rings. The number of likely N-dealkylation sites (tertiary alicyclic amines) is 1. The van der Waals surface area contributed by atoms with Gasteiger partial charge in [0.05, 0.1) is 0 Å². The zero-order chi connectivity index (χ0) is 21.0. The summed E-state index contributed by atoms with van der Waals surface area (Å²) in [5.74, 6) is 0.377. The smallest absolute Gasteiger partial charge is 0.270 e. The summed E-state index contributed by atoms with van der Waals surface area (Å²) in [6.45, 7) is 12.8. The molecule has 1 aliphatic heterocycles. The molecule has 0 spiro atoms. The molecular weight excluding hydrogens is 354 g/mol. The van der Waals surface area contributed by atoms with Gasteiger partial charge >= 0.3 is 0 Å². The van der Waals surface area contributed by atoms with Crippen molar-refractivity contribution in [3.63, 3.8) is 0 Å². The first kappa shape index (κ1) is 22.2. The van der Waals surface area contributed by atoms with Crippen LogP contribution in [-0.4, -0.2) is 46.6 Å². The highest BCUT2D eigenvalue weighted by molar-refractivity contribution is 6.02. The minimum absolute atomic E-state index is 0.00842. The number of carbonyl (C=O) groups excluding carboxylic acids is 3. The third-order valence-electron chi connectivity index (χ3n) is 5.88. The van der Waals surface area contributed by atoms with E-state index < -0.39 is 0 Å². The molecule has 0 aromatic carbocycles. The standard InChI is InChI=1S/C22H35N3O3/c1-7-8-18-19(16(6)26)15(5)23-20(18)22(28)25-11-9-17(10-12-25)21(27)24-14(4)13(2)3/h13-14,17,23H,7-12H2,1-6H3,(H,24,27). The van der Waals surface area contributed by atoms with Crippen molar-refractivity contribution < 1.29 is 14.4 Å². The SMILES string of the molecule is CCCc1c(C(=O)N2CCC(C(=O)NC(C)C(C)C)CC2)[nH]c(C)c1C(C)=O. The van der Waals surface area contributed by atoms with Crippen molar-refractivity contribution >= 4 is 17.6 Å². The van der Waals surface area contributed by atoms with E-state index in [1.165, 1.54) is 0 Å². The lowest BCUT2D eigenvalue weighted by Gasteiger charge is -2.32. The number of ketones is 1. The summed E-state index contributed by atoms with van der Waals surface area (Å²) in [7, 11) is 0. The van der Waals surface area contributed by atoms with Crippen molar-refractivity contribution in [1.82, 2.24) is 15.2 Å². The summed E-state index contributed by atoms with van der Waals surface area (Å²) < 4.78 is 0. The maximum absolute atomic E-state index is 13.1. The third kappa shape index (κ3) is 4.83. The molecule has 6 heteroatoms. The quantitative estimate of drug-likeness (QED) is 0.700. The van der Waals surface area contributed by atoms with Crippen molar-refractivity contribution in [3.05, 3.63) is 22.5 Å². The first-order valence-electron chi connectivity index (χ1n) is 10.5. The molecule has 0 saturated carbocycles. The van der Waals surface area contributed by atoms with Crippen LogP contribution < -0.4 is 5.32 Å². The lowest BCUT2D eigenvalue weighted by molar-refractivity contribution is -0.127. The Labute approximate surface area is 168 Å². The zero-order valence-corrected chi connectivity index (χ0v) is 18.1. The zero-order valence-electron chi connectivity index (χ0n) is 18.1. The maximum Gasteiger partial charge on any atom is 0.270 e. The number of hydrogen-bond acceptors (Lipinski definition) is 3. The summed E-state index contributed by atoms with van der Waals surface area (Å²) in [4.78, 5) is 42.6. The Hall–Kier alpha value is -2.11. The molecule has 2 rings (SSSR count). The Bertz CT molecular complexity index is 728. The van der Waals surface area contributed by atoms with Crippen LogP contribution >= 0.6 is 0 Å². The number of amides is 2. The van der Waals surface area contributed by atoms with Gasteiger partial charge in [-0.3, -0.25) is 14.4 Å². The highest BCUT2D eigenvalue weighted by atomic mass is 16.2. The van der Waals surface area contributed by atoms with Crippen LogP contribution in [0.5, 0.6) is 0 Å². The predicted octanol–water partition coefficient (Wildman–Crippen LogP) is 3.49. The number of nitrogens with zero attached hydrogens (tertiary/aromatic N) is 1. The molecule has 6 nitrogen and oxygen atoms in total. The molecule has 0 aliphatic carbocycles. The average Bonchev–Trinajstić information content (AvgIpc) is 2.97. The van der Waals surface area contributed by atoms with Gasteiger partial charge in [0, 0.05) is 36.3 Å². The van der Waals surface area contributed by atoms with Gasteiger partial charge in [0.2, 0.25) is 5.91 Å². The van der Waals surface area contributed by atoms with E-state index in [-0.39, 0.29) is 29.6 Å². The van der Waals surface area contributed by atoms with Crippen LogP contribution in [0.25, 0.3) is 0 Å². The van der Waals surface area contributed by atoms with Crippen LogP contribution in [0, 0.1) is 18.8 Å². The van der Waals surface area contributed by atoms with Gasteiger partial charge in [-0.25, -0.2) is 0 Å². The highest BCUT2D eigenvalue weighted by Gasteiger charge is 2.31. The molecule has 1 saturated heterocycles. The Kier molecular flexibility index (Phi) is 7.44. The molecule has 1 unspecified atom stereocenters. The first-order chi connectivity index (χ1) is 13.2. The number of rotatable bonds is 7. The number of piperidine rings is 1. The van der Waals surface area contributed by atoms with E-state index in [0.29, 0.717) is 49.5 Å². The summed E-state index contributed by atoms with van der Waals surface area (Å²) in [5.41, 5.74) is 2.79. The Morgan fingerprint density at radius 1 is 1.18 bits per heavy atom. The second kappa shape index (κ2) is 9.39. The number of carbonyl (C=O) groups is 3. The fourth-order valence-corrected chi connectivity index (χ4v) is 3.85. The Balaban J connectivity index is 2.07. The fraction of sp³-hybridized carbons (Fsp3) is 0.682. The van der Waals surface area contributed by atoms with Crippen LogP contribution in [0.2, 0.25) is 0 Å². The second-order valence-corrected chi connectivity index (χ2v) is 8.39. The predicted molar refractivity (Wildman–Crippen MR) is 111 cm³/mol. The normalized spacial score (nSPS) is 16.3. The van der Waals surface area contributed by atoms with Gasteiger partial charge in [0.25, 0.3) is 5.91 Å². The number of aromatic amines is 1. The van der Waals surface area contributed by atoms with Crippen LogP contribution in [0.1, 0.15) is 86.0 Å². The lowest BCUT2D eigenvalue weighted by Crippen LogP contribution is -2.46. The third-order valence-corrected chi connectivity index (χ3v) is 5.88. The van der Waals surface area contributed by atoms with Gasteiger partial charge in [-0.05, 0) is 51.5 Å². The van der Waals surface area contributed by atoms with Gasteiger partial charge in [0.15, 0.2) is 5.78 Å². The Morgan fingerprint density at radius 2 is 1.79 bits per heavy atom. The van der Waals surface area contributed by atoms with Crippen LogP contribution in [0.3, 0.4) is 0 Å². The molecule has 1 aromatic heterocycles. The van der Waals surface area contributed by atoms with Crippen LogP contribution in [0.15, 0.2) is 0 Å². The molecule has 28 heavy (non-hydrogen) atoms. The minimum atomic E-state index is -0.0616. The average molecular weight is 390 g/mol. The molecule has 2 N–H and O–H groups in total. The largest absolute Gasteiger partial charge is 0.354 e. The summed E-state index contributed by atoms with van der Waals surface area (Å²) in [5, 5.41) is 3.09. The summed E-state index contributed by atoms with van der Waals surface area (Å²) >= 11 is 0. The molecule has 0 bridgehead atoms. The van der Waals surface area contributed by atoms with Crippen molar-refractivity contribution in [3.8, 4) is 0 Å². The van der Waals surface area contributed by atoms with Crippen molar-refractivity contribution in [2.24, 2.45) is 11.8 Å². The van der Waals surface area contributed by atoms with E-state index >= 15 is 0 Å². The molecule has 2 amide bonds. The van der Waals surface area contributed by atoms with Crippen LogP contribution in [-0.2, 0) is 11.2 Å². The highest BCUT2D eigenvalue weighted by Crippen LogP contribution is 2.25. The molecule has 2 heterocycles. The summed E-state index contributed by atoms with van der Waals surface area (Å²) in [6.07, 6.45) is 2.91. The van der Waals surface area contributed by atoms with Gasteiger partial charge in [0.1, 0.15) is 5.69 Å². The van der Waals surface area contributed by atoms with E-state index in [1.807, 2.05) is 25.7 Å². The van der Waals surface area contributed by atoms with Crippen molar-refractivity contribution in [2.45, 2.75) is 73.3 Å². The molecule has 0 radical (unpaired) electrons. The maximum atomic E-state index is 13.1. The monoisotopic (exact) mass is 389 g/mol. The molecule has 156 valence electrons. The molecule has 1 atom stereocenters. The summed E-state index contributed by atoms with van der Waals surface area (Å²) in [6, 6.07) is 0.149. The van der Waals surface area contributed by atoms with E-state index in [1.54, 1.807) is 6.92 Å². The molecular formula is C22H35N3O3. The van der Waals surface area contributed by atoms with E-state index in [0.717, 1.165) is 17.7 Å². The number of aryl methyl sites for hydroxylation is 1. The van der Waals surface area contributed by atoms with Crippen molar-refractivity contribution in [1.29, 1.82) is 0 Å². The number of aromatic nitrogens is 1. The van der Waals surface area contributed by atoms with Gasteiger partial charge in [-0.15, -0.1) is 0 Å². The van der Waals surface area contributed by atoms with Crippen molar-refractivity contribution in [2.75, 3.05) is 13.1 Å². The first-order valence-corrected chi connectivity index (χ1v) is 10.5. The molecule has 1 fully saturated rings. The number of hydrogen-bond donors (Lipinski definition) is 2. The second-order valence-electron chi connectivity index (χ2n) is 8.39. The minimum Gasteiger partial charge on any atom is -0.354 e. The molecule has 1 aliphatic rings. The number of H-pyrrole nitrogens is 1. The number of Topliss-reactive ketones (excluding diaryl/α,β-unsaturated/α-hetero) is 1.